The predicted octanol–water partition coefficient (Wildman–Crippen LogP) is 5.26. The quantitative estimate of drug-likeness (QED) is 0.392. The van der Waals surface area contributed by atoms with Gasteiger partial charge in [0, 0.05) is 35.5 Å². The zero-order valence-corrected chi connectivity index (χ0v) is 17.5. The summed E-state index contributed by atoms with van der Waals surface area (Å²) in [6.45, 7) is 0.214. The van der Waals surface area contributed by atoms with Gasteiger partial charge < -0.3 is 9.84 Å². The van der Waals surface area contributed by atoms with E-state index < -0.39 is 0 Å². The molecule has 0 radical (unpaired) electrons. The largest absolute Gasteiger partial charge is 0.355 e. The molecule has 5 aromatic rings. The number of amides is 1. The molecule has 5 rings (SSSR count). The number of benzene rings is 3. The van der Waals surface area contributed by atoms with E-state index in [4.69, 9.17) is 4.52 Å². The molecule has 0 saturated carbocycles. The molecule has 2 aromatic heterocycles. The van der Waals surface area contributed by atoms with Crippen molar-refractivity contribution < 1.29 is 13.7 Å². The highest BCUT2D eigenvalue weighted by atomic mass is 19.1. The van der Waals surface area contributed by atoms with Crippen molar-refractivity contribution in [2.24, 2.45) is 0 Å². The first-order valence-corrected chi connectivity index (χ1v) is 10.4. The van der Waals surface area contributed by atoms with Crippen LogP contribution < -0.4 is 5.32 Å². The van der Waals surface area contributed by atoms with Crippen LogP contribution in [0.25, 0.3) is 28.3 Å². The second-order valence-corrected chi connectivity index (χ2v) is 7.42. The second-order valence-electron chi connectivity index (χ2n) is 7.42. The Morgan fingerprint density at radius 2 is 1.61 bits per heavy atom. The van der Waals surface area contributed by atoms with E-state index >= 15 is 0 Å². The van der Waals surface area contributed by atoms with Crippen molar-refractivity contribution in [1.82, 2.24) is 20.3 Å². The van der Waals surface area contributed by atoms with Crippen LogP contribution in [0.2, 0.25) is 0 Å². The number of halogens is 1. The molecule has 0 aliphatic rings. The van der Waals surface area contributed by atoms with Crippen LogP contribution in [0.4, 0.5) is 4.39 Å². The van der Waals surface area contributed by atoms with Crippen LogP contribution in [0.1, 0.15) is 16.1 Å². The van der Waals surface area contributed by atoms with Gasteiger partial charge in [-0.2, -0.15) is 5.10 Å². The monoisotopic (exact) mass is 438 g/mol. The van der Waals surface area contributed by atoms with Crippen LogP contribution in [-0.4, -0.2) is 20.8 Å². The SMILES string of the molecule is O=C(NCc1cn(-c2ccccc2)nc1-c1ccc(F)cc1)c1cc(-c2ccccc2)on1. The van der Waals surface area contributed by atoms with Gasteiger partial charge in [-0.15, -0.1) is 0 Å². The highest BCUT2D eigenvalue weighted by Gasteiger charge is 2.17. The number of carbonyl (C=O) groups is 1. The van der Waals surface area contributed by atoms with Gasteiger partial charge in [-0.3, -0.25) is 4.79 Å². The smallest absolute Gasteiger partial charge is 0.273 e. The highest BCUT2D eigenvalue weighted by Crippen LogP contribution is 2.25. The first kappa shape index (κ1) is 20.4. The Morgan fingerprint density at radius 1 is 0.909 bits per heavy atom. The van der Waals surface area contributed by atoms with Gasteiger partial charge in [0.05, 0.1) is 11.4 Å². The van der Waals surface area contributed by atoms with Gasteiger partial charge in [0.15, 0.2) is 11.5 Å². The van der Waals surface area contributed by atoms with E-state index in [2.05, 4.69) is 15.6 Å². The molecule has 0 saturated heterocycles. The number of nitrogens with zero attached hydrogens (tertiary/aromatic N) is 3. The summed E-state index contributed by atoms with van der Waals surface area (Å²) in [6, 6.07) is 26.8. The Labute approximate surface area is 189 Å². The molecule has 0 aliphatic heterocycles. The fourth-order valence-electron chi connectivity index (χ4n) is 3.49. The molecule has 1 N–H and O–H groups in total. The molecule has 3 aromatic carbocycles. The zero-order valence-electron chi connectivity index (χ0n) is 17.5. The highest BCUT2D eigenvalue weighted by molar-refractivity contribution is 5.93. The average Bonchev–Trinajstić information content (AvgIpc) is 3.52. The van der Waals surface area contributed by atoms with Crippen molar-refractivity contribution in [3.05, 3.63) is 114 Å². The minimum Gasteiger partial charge on any atom is -0.355 e. The van der Waals surface area contributed by atoms with Crippen LogP contribution in [0.5, 0.6) is 0 Å². The first-order valence-electron chi connectivity index (χ1n) is 10.4. The van der Waals surface area contributed by atoms with Crippen LogP contribution in [0.3, 0.4) is 0 Å². The fourth-order valence-corrected chi connectivity index (χ4v) is 3.49. The van der Waals surface area contributed by atoms with Crippen molar-refractivity contribution >= 4 is 5.91 Å². The van der Waals surface area contributed by atoms with E-state index in [1.165, 1.54) is 12.1 Å². The maximum Gasteiger partial charge on any atom is 0.273 e. The third kappa shape index (κ3) is 4.43. The van der Waals surface area contributed by atoms with E-state index in [0.717, 1.165) is 22.4 Å². The number of hydrogen-bond acceptors (Lipinski definition) is 4. The van der Waals surface area contributed by atoms with Gasteiger partial charge in [-0.25, -0.2) is 9.07 Å². The van der Waals surface area contributed by atoms with Crippen LogP contribution in [-0.2, 0) is 6.54 Å². The van der Waals surface area contributed by atoms with Crippen LogP contribution in [0.15, 0.2) is 102 Å². The van der Waals surface area contributed by atoms with Gasteiger partial charge in [0.2, 0.25) is 0 Å². The molecule has 0 fully saturated rings. The molecule has 162 valence electrons. The van der Waals surface area contributed by atoms with Crippen molar-refractivity contribution in [3.63, 3.8) is 0 Å². The Hall–Kier alpha value is -4.52. The summed E-state index contributed by atoms with van der Waals surface area (Å²) in [5.41, 5.74) is 4.10. The molecule has 0 atom stereocenters. The zero-order chi connectivity index (χ0) is 22.6. The lowest BCUT2D eigenvalue weighted by atomic mass is 10.1. The summed E-state index contributed by atoms with van der Waals surface area (Å²) in [4.78, 5) is 12.7. The second kappa shape index (κ2) is 8.92. The van der Waals surface area contributed by atoms with Gasteiger partial charge >= 0.3 is 0 Å². The number of carbonyl (C=O) groups excluding carboxylic acids is 1. The molecular weight excluding hydrogens is 419 g/mol. The maximum atomic E-state index is 13.4. The van der Waals surface area contributed by atoms with Gasteiger partial charge in [0.25, 0.3) is 5.91 Å². The standard InChI is InChI=1S/C26H19FN4O2/c27-21-13-11-19(12-14-21)25-20(17-31(29-25)22-9-5-2-6-10-22)16-28-26(32)23-15-24(33-30-23)18-7-3-1-4-8-18/h1-15,17H,16H2,(H,28,32). The molecular formula is C26H19FN4O2. The van der Waals surface area contributed by atoms with Crippen molar-refractivity contribution in [2.75, 3.05) is 0 Å². The average molecular weight is 438 g/mol. The summed E-state index contributed by atoms with van der Waals surface area (Å²) in [7, 11) is 0. The minimum atomic E-state index is -0.363. The van der Waals surface area contributed by atoms with E-state index in [-0.39, 0.29) is 24.0 Å². The van der Waals surface area contributed by atoms with Crippen LogP contribution >= 0.6 is 0 Å². The number of hydrogen-bond donors (Lipinski definition) is 1. The first-order chi connectivity index (χ1) is 16.2. The fraction of sp³-hybridized carbons (Fsp3) is 0.0385. The number of para-hydroxylation sites is 1. The summed E-state index contributed by atoms with van der Waals surface area (Å²) in [5, 5.41) is 11.5. The van der Waals surface area contributed by atoms with Crippen molar-refractivity contribution in [2.45, 2.75) is 6.54 Å². The molecule has 1 amide bonds. The summed E-state index contributed by atoms with van der Waals surface area (Å²) in [5.74, 6) is -0.167. The number of nitrogens with one attached hydrogen (secondary N) is 1. The van der Waals surface area contributed by atoms with Crippen LogP contribution in [0, 0.1) is 5.82 Å². The molecule has 0 spiro atoms. The Bertz CT molecular complexity index is 1380. The molecule has 0 bridgehead atoms. The summed E-state index contributed by atoms with van der Waals surface area (Å²) in [6.07, 6.45) is 1.85. The lowest BCUT2D eigenvalue weighted by Crippen LogP contribution is -2.23. The van der Waals surface area contributed by atoms with Crippen molar-refractivity contribution in [1.29, 1.82) is 0 Å². The maximum absolute atomic E-state index is 13.4. The molecule has 33 heavy (non-hydrogen) atoms. The Balaban J connectivity index is 1.39. The van der Waals surface area contributed by atoms with Gasteiger partial charge in [0.1, 0.15) is 5.82 Å². The summed E-state index contributed by atoms with van der Waals surface area (Å²) >= 11 is 0. The van der Waals surface area contributed by atoms with E-state index in [0.29, 0.717) is 11.5 Å². The van der Waals surface area contributed by atoms with E-state index in [1.807, 2.05) is 66.9 Å². The molecule has 0 unspecified atom stereocenters. The molecule has 6 nitrogen and oxygen atoms in total. The lowest BCUT2D eigenvalue weighted by Gasteiger charge is -2.04. The van der Waals surface area contributed by atoms with Gasteiger partial charge in [-0.1, -0.05) is 53.7 Å². The van der Waals surface area contributed by atoms with Crippen molar-refractivity contribution in [3.8, 4) is 28.3 Å². The Kier molecular flexibility index (Phi) is 5.51. The van der Waals surface area contributed by atoms with Gasteiger partial charge in [-0.05, 0) is 36.4 Å². The summed E-state index contributed by atoms with van der Waals surface area (Å²) < 4.78 is 20.5. The number of rotatable bonds is 6. The third-order valence-corrected chi connectivity index (χ3v) is 5.17. The molecule has 2 heterocycles. The predicted molar refractivity (Wildman–Crippen MR) is 122 cm³/mol. The Morgan fingerprint density at radius 3 is 2.33 bits per heavy atom. The van der Waals surface area contributed by atoms with E-state index in [9.17, 15) is 9.18 Å². The minimum absolute atomic E-state index is 0.188. The normalized spacial score (nSPS) is 10.8. The lowest BCUT2D eigenvalue weighted by molar-refractivity contribution is 0.0942. The third-order valence-electron chi connectivity index (χ3n) is 5.17. The topological polar surface area (TPSA) is 73.0 Å². The molecule has 0 aliphatic carbocycles. The number of aromatic nitrogens is 3. The van der Waals surface area contributed by atoms with E-state index in [1.54, 1.807) is 22.9 Å². The molecule has 7 heteroatoms.